The Kier molecular flexibility index (Phi) is 4.01. The van der Waals surface area contributed by atoms with Gasteiger partial charge < -0.3 is 10.1 Å². The number of hydrogen-bond acceptors (Lipinski definition) is 5. The molecular formula is C17H26N4O. The van der Waals surface area contributed by atoms with E-state index in [1.165, 1.54) is 36.9 Å². The molecule has 2 fully saturated rings. The molecule has 0 atom stereocenters. The third kappa shape index (κ3) is 3.10. The van der Waals surface area contributed by atoms with Gasteiger partial charge in [-0.3, -0.25) is 4.90 Å². The standard InChI is InChI=1S/C17H26N4O/c1-12-18-16-5-9-21(14-6-10-22-11-7-14)8-4-15(16)17(19-12)20-13-2-3-13/h13-14H,2-11H2,1H3,(H,18,19,20). The van der Waals surface area contributed by atoms with Crippen LogP contribution in [0.15, 0.2) is 0 Å². The monoisotopic (exact) mass is 302 g/mol. The van der Waals surface area contributed by atoms with Gasteiger partial charge in [-0.15, -0.1) is 0 Å². The summed E-state index contributed by atoms with van der Waals surface area (Å²) in [5.74, 6) is 2.01. The van der Waals surface area contributed by atoms with E-state index in [2.05, 4.69) is 15.2 Å². The summed E-state index contributed by atoms with van der Waals surface area (Å²) < 4.78 is 5.51. The summed E-state index contributed by atoms with van der Waals surface area (Å²) in [6.45, 7) is 6.10. The van der Waals surface area contributed by atoms with Crippen molar-refractivity contribution in [1.82, 2.24) is 14.9 Å². The fourth-order valence-corrected chi connectivity index (χ4v) is 3.70. The number of hydrogen-bond donors (Lipinski definition) is 1. The number of anilines is 1. The molecule has 3 aliphatic rings. The molecule has 5 nitrogen and oxygen atoms in total. The van der Waals surface area contributed by atoms with Crippen LogP contribution in [0.5, 0.6) is 0 Å². The summed E-state index contributed by atoms with van der Waals surface area (Å²) in [6, 6.07) is 1.34. The second-order valence-corrected chi connectivity index (χ2v) is 6.84. The first-order valence-corrected chi connectivity index (χ1v) is 8.74. The van der Waals surface area contributed by atoms with E-state index in [1.807, 2.05) is 6.92 Å². The minimum Gasteiger partial charge on any atom is -0.381 e. The molecule has 0 unspecified atom stereocenters. The van der Waals surface area contributed by atoms with Gasteiger partial charge in [0.2, 0.25) is 0 Å². The molecule has 2 aliphatic heterocycles. The van der Waals surface area contributed by atoms with E-state index >= 15 is 0 Å². The molecule has 5 heteroatoms. The van der Waals surface area contributed by atoms with Crippen LogP contribution in [0.3, 0.4) is 0 Å². The molecule has 0 radical (unpaired) electrons. The predicted molar refractivity (Wildman–Crippen MR) is 86.2 cm³/mol. The molecule has 0 bridgehead atoms. The van der Waals surface area contributed by atoms with Crippen LogP contribution in [-0.2, 0) is 17.6 Å². The normalized spacial score (nSPS) is 23.9. The summed E-state index contributed by atoms with van der Waals surface area (Å²) in [5.41, 5.74) is 2.64. The average Bonchev–Trinajstić information content (AvgIpc) is 3.34. The van der Waals surface area contributed by atoms with Crippen molar-refractivity contribution in [1.29, 1.82) is 0 Å². The van der Waals surface area contributed by atoms with Crippen LogP contribution in [0.1, 0.15) is 42.8 Å². The maximum Gasteiger partial charge on any atom is 0.133 e. The molecule has 120 valence electrons. The van der Waals surface area contributed by atoms with E-state index in [0.717, 1.165) is 50.8 Å². The number of aromatic nitrogens is 2. The molecule has 1 aromatic rings. The summed E-state index contributed by atoms with van der Waals surface area (Å²) in [6.07, 6.45) is 7.04. The molecule has 1 aliphatic carbocycles. The smallest absolute Gasteiger partial charge is 0.133 e. The van der Waals surface area contributed by atoms with E-state index in [-0.39, 0.29) is 0 Å². The number of nitrogens with zero attached hydrogens (tertiary/aromatic N) is 3. The van der Waals surface area contributed by atoms with Crippen molar-refractivity contribution in [3.05, 3.63) is 17.1 Å². The SMILES string of the molecule is Cc1nc2c(c(NC3CC3)n1)CCN(C1CCOCC1)CC2. The Hall–Kier alpha value is -1.20. The lowest BCUT2D eigenvalue weighted by Crippen LogP contribution is -2.40. The minimum atomic E-state index is 0.647. The van der Waals surface area contributed by atoms with Gasteiger partial charge in [-0.1, -0.05) is 0 Å². The van der Waals surface area contributed by atoms with Gasteiger partial charge in [-0.2, -0.15) is 0 Å². The highest BCUT2D eigenvalue weighted by Gasteiger charge is 2.28. The van der Waals surface area contributed by atoms with Gasteiger partial charge in [0, 0.05) is 50.4 Å². The number of ether oxygens (including phenoxy) is 1. The highest BCUT2D eigenvalue weighted by Crippen LogP contribution is 2.29. The number of rotatable bonds is 3. The van der Waals surface area contributed by atoms with Crippen molar-refractivity contribution in [2.75, 3.05) is 31.6 Å². The van der Waals surface area contributed by atoms with E-state index < -0.39 is 0 Å². The van der Waals surface area contributed by atoms with Gasteiger partial charge in [0.05, 0.1) is 5.69 Å². The molecule has 22 heavy (non-hydrogen) atoms. The Morgan fingerprint density at radius 2 is 1.82 bits per heavy atom. The van der Waals surface area contributed by atoms with Gasteiger partial charge in [0.15, 0.2) is 0 Å². The summed E-state index contributed by atoms with van der Waals surface area (Å²) >= 11 is 0. The molecule has 0 amide bonds. The van der Waals surface area contributed by atoms with Gasteiger partial charge >= 0.3 is 0 Å². The fraction of sp³-hybridized carbons (Fsp3) is 0.765. The molecule has 0 aromatic carbocycles. The van der Waals surface area contributed by atoms with Crippen molar-refractivity contribution in [2.45, 2.75) is 57.5 Å². The highest BCUT2D eigenvalue weighted by molar-refractivity contribution is 5.49. The van der Waals surface area contributed by atoms with Crippen molar-refractivity contribution < 1.29 is 4.74 Å². The second-order valence-electron chi connectivity index (χ2n) is 6.84. The van der Waals surface area contributed by atoms with E-state index in [1.54, 1.807) is 0 Å². The Morgan fingerprint density at radius 3 is 2.59 bits per heavy atom. The third-order valence-corrected chi connectivity index (χ3v) is 5.11. The Bertz CT molecular complexity index is 538. The lowest BCUT2D eigenvalue weighted by molar-refractivity contribution is 0.0355. The lowest BCUT2D eigenvalue weighted by atomic mass is 10.1. The van der Waals surface area contributed by atoms with Gasteiger partial charge in [0.1, 0.15) is 11.6 Å². The van der Waals surface area contributed by atoms with Crippen LogP contribution in [0.4, 0.5) is 5.82 Å². The van der Waals surface area contributed by atoms with Gasteiger partial charge in [0.25, 0.3) is 0 Å². The molecule has 4 rings (SSSR count). The first kappa shape index (κ1) is 14.4. The van der Waals surface area contributed by atoms with E-state index in [4.69, 9.17) is 9.72 Å². The maximum absolute atomic E-state index is 5.51. The molecular weight excluding hydrogens is 276 g/mol. The average molecular weight is 302 g/mol. The topological polar surface area (TPSA) is 50.3 Å². The number of fused-ring (bicyclic) bond motifs is 1. The number of nitrogens with one attached hydrogen (secondary N) is 1. The summed E-state index contributed by atoms with van der Waals surface area (Å²) in [4.78, 5) is 12.1. The van der Waals surface area contributed by atoms with E-state index in [0.29, 0.717) is 12.1 Å². The predicted octanol–water partition coefficient (Wildman–Crippen LogP) is 1.94. The molecule has 0 spiro atoms. The first-order chi connectivity index (χ1) is 10.8. The summed E-state index contributed by atoms with van der Waals surface area (Å²) in [7, 11) is 0. The Balaban J connectivity index is 1.52. The molecule has 1 saturated heterocycles. The van der Waals surface area contributed by atoms with Crippen LogP contribution < -0.4 is 5.32 Å². The second kappa shape index (κ2) is 6.13. The number of aryl methyl sites for hydroxylation is 1. The zero-order chi connectivity index (χ0) is 14.9. The maximum atomic E-state index is 5.51. The Labute approximate surface area is 132 Å². The quantitative estimate of drug-likeness (QED) is 0.925. The molecule has 1 aromatic heterocycles. The van der Waals surface area contributed by atoms with Gasteiger partial charge in [-0.25, -0.2) is 9.97 Å². The lowest BCUT2D eigenvalue weighted by Gasteiger charge is -2.33. The van der Waals surface area contributed by atoms with Crippen LogP contribution in [0.25, 0.3) is 0 Å². The van der Waals surface area contributed by atoms with Crippen LogP contribution >= 0.6 is 0 Å². The van der Waals surface area contributed by atoms with Crippen LogP contribution in [0, 0.1) is 6.92 Å². The zero-order valence-corrected chi connectivity index (χ0v) is 13.5. The van der Waals surface area contributed by atoms with Crippen LogP contribution in [-0.4, -0.2) is 53.3 Å². The third-order valence-electron chi connectivity index (χ3n) is 5.11. The minimum absolute atomic E-state index is 0.647. The molecule has 1 N–H and O–H groups in total. The van der Waals surface area contributed by atoms with Crippen LogP contribution in [0.2, 0.25) is 0 Å². The fourth-order valence-electron chi connectivity index (χ4n) is 3.70. The van der Waals surface area contributed by atoms with Crippen molar-refractivity contribution in [3.8, 4) is 0 Å². The highest BCUT2D eigenvalue weighted by atomic mass is 16.5. The first-order valence-electron chi connectivity index (χ1n) is 8.74. The van der Waals surface area contributed by atoms with Gasteiger partial charge in [-0.05, 0) is 39.0 Å². The van der Waals surface area contributed by atoms with E-state index in [9.17, 15) is 0 Å². The summed E-state index contributed by atoms with van der Waals surface area (Å²) in [5, 5.41) is 3.62. The zero-order valence-electron chi connectivity index (χ0n) is 13.5. The molecule has 3 heterocycles. The molecule has 1 saturated carbocycles. The van der Waals surface area contributed by atoms with Crippen molar-refractivity contribution in [3.63, 3.8) is 0 Å². The van der Waals surface area contributed by atoms with Crippen molar-refractivity contribution in [2.24, 2.45) is 0 Å². The Morgan fingerprint density at radius 1 is 1.05 bits per heavy atom. The largest absolute Gasteiger partial charge is 0.381 e. The van der Waals surface area contributed by atoms with Crippen molar-refractivity contribution >= 4 is 5.82 Å².